The van der Waals surface area contributed by atoms with Crippen LogP contribution in [0, 0.1) is 12.8 Å². The molecule has 17 heavy (non-hydrogen) atoms. The van der Waals surface area contributed by atoms with Gasteiger partial charge in [0.2, 0.25) is 5.76 Å². The van der Waals surface area contributed by atoms with Gasteiger partial charge in [-0.2, -0.15) is 0 Å². The van der Waals surface area contributed by atoms with Crippen LogP contribution in [0.3, 0.4) is 0 Å². The number of aryl methyl sites for hydroxylation is 1. The molecule has 94 valence electrons. The predicted octanol–water partition coefficient (Wildman–Crippen LogP) is 1.10. The van der Waals surface area contributed by atoms with E-state index in [2.05, 4.69) is 15.8 Å². The molecule has 2 heterocycles. The number of hydrogen-bond donors (Lipinski definition) is 2. The molecule has 2 N–H and O–H groups in total. The Morgan fingerprint density at radius 2 is 2.59 bits per heavy atom. The fourth-order valence-electron chi connectivity index (χ4n) is 2.15. The zero-order valence-electron chi connectivity index (χ0n) is 10.2. The average Bonchev–Trinajstić information content (AvgIpc) is 2.77. The van der Waals surface area contributed by atoms with Crippen molar-refractivity contribution >= 4 is 5.91 Å². The Morgan fingerprint density at radius 1 is 1.71 bits per heavy atom. The molecule has 5 heteroatoms. The molecule has 1 aromatic heterocycles. The molecule has 1 atom stereocenters. The van der Waals surface area contributed by atoms with Crippen LogP contribution in [0.25, 0.3) is 0 Å². The zero-order chi connectivity index (χ0) is 12.1. The number of aromatic nitrogens is 1. The molecule has 1 aliphatic rings. The van der Waals surface area contributed by atoms with Crippen molar-refractivity contribution < 1.29 is 9.32 Å². The molecule has 5 nitrogen and oxygen atoms in total. The summed E-state index contributed by atoms with van der Waals surface area (Å²) in [5.74, 6) is 0.843. The summed E-state index contributed by atoms with van der Waals surface area (Å²) in [5, 5.41) is 9.84. The summed E-state index contributed by atoms with van der Waals surface area (Å²) in [4.78, 5) is 11.7. The van der Waals surface area contributed by atoms with Gasteiger partial charge in [-0.3, -0.25) is 4.79 Å². The second-order valence-electron chi connectivity index (χ2n) is 4.59. The van der Waals surface area contributed by atoms with Crippen LogP contribution < -0.4 is 10.6 Å². The number of nitrogens with zero attached hydrogens (tertiary/aromatic N) is 1. The highest BCUT2D eigenvalue weighted by Gasteiger charge is 2.16. The predicted molar refractivity (Wildman–Crippen MR) is 63.8 cm³/mol. The molecule has 0 saturated carbocycles. The lowest BCUT2D eigenvalue weighted by Gasteiger charge is -2.22. The van der Waals surface area contributed by atoms with Gasteiger partial charge in [0.1, 0.15) is 0 Å². The third-order valence-corrected chi connectivity index (χ3v) is 3.19. The Balaban J connectivity index is 1.71. The van der Waals surface area contributed by atoms with Crippen molar-refractivity contribution in [2.45, 2.75) is 26.2 Å². The van der Waals surface area contributed by atoms with E-state index in [-0.39, 0.29) is 5.91 Å². The summed E-state index contributed by atoms with van der Waals surface area (Å²) in [5.41, 5.74) is 0.779. The van der Waals surface area contributed by atoms with Crippen LogP contribution in [-0.2, 0) is 0 Å². The molecule has 1 aromatic rings. The molecule has 0 spiro atoms. The van der Waals surface area contributed by atoms with Gasteiger partial charge in [-0.05, 0) is 45.2 Å². The van der Waals surface area contributed by atoms with Crippen molar-refractivity contribution in [1.82, 2.24) is 15.8 Å². The molecule has 1 saturated heterocycles. The van der Waals surface area contributed by atoms with Crippen molar-refractivity contribution in [2.24, 2.45) is 5.92 Å². The standard InChI is InChI=1S/C12H19N3O2/c1-9-7-15-17-11(9)12(16)14-6-4-10-3-2-5-13-8-10/h7,10,13H,2-6,8H2,1H3,(H,14,16). The maximum absolute atomic E-state index is 11.7. The van der Waals surface area contributed by atoms with Gasteiger partial charge in [-0.25, -0.2) is 0 Å². The monoisotopic (exact) mass is 237 g/mol. The molecule has 1 unspecified atom stereocenters. The van der Waals surface area contributed by atoms with E-state index in [1.165, 1.54) is 12.8 Å². The van der Waals surface area contributed by atoms with Crippen LogP contribution in [0.4, 0.5) is 0 Å². The minimum absolute atomic E-state index is 0.163. The lowest BCUT2D eigenvalue weighted by atomic mass is 9.96. The number of hydrogen-bond acceptors (Lipinski definition) is 4. The van der Waals surface area contributed by atoms with E-state index in [0.29, 0.717) is 18.2 Å². The lowest BCUT2D eigenvalue weighted by molar-refractivity contribution is 0.0913. The Kier molecular flexibility index (Phi) is 4.14. The molecular formula is C12H19N3O2. The van der Waals surface area contributed by atoms with Crippen LogP contribution in [-0.4, -0.2) is 30.7 Å². The minimum atomic E-state index is -0.163. The summed E-state index contributed by atoms with van der Waals surface area (Å²) in [6, 6.07) is 0. The van der Waals surface area contributed by atoms with Crippen LogP contribution in [0.5, 0.6) is 0 Å². The first-order chi connectivity index (χ1) is 8.27. The van der Waals surface area contributed by atoms with Crippen LogP contribution >= 0.6 is 0 Å². The maximum Gasteiger partial charge on any atom is 0.290 e. The Morgan fingerprint density at radius 3 is 3.24 bits per heavy atom. The first-order valence-corrected chi connectivity index (χ1v) is 6.17. The van der Waals surface area contributed by atoms with E-state index < -0.39 is 0 Å². The van der Waals surface area contributed by atoms with Gasteiger partial charge >= 0.3 is 0 Å². The first kappa shape index (κ1) is 12.1. The summed E-state index contributed by atoms with van der Waals surface area (Å²) in [6.07, 6.45) is 5.07. The fraction of sp³-hybridized carbons (Fsp3) is 0.667. The van der Waals surface area contributed by atoms with Crippen molar-refractivity contribution in [2.75, 3.05) is 19.6 Å². The molecule has 1 fully saturated rings. The maximum atomic E-state index is 11.7. The second-order valence-corrected chi connectivity index (χ2v) is 4.59. The van der Waals surface area contributed by atoms with E-state index >= 15 is 0 Å². The third kappa shape index (κ3) is 3.30. The highest BCUT2D eigenvalue weighted by Crippen LogP contribution is 2.13. The molecule has 2 rings (SSSR count). The second kappa shape index (κ2) is 5.82. The molecule has 0 aromatic carbocycles. The van der Waals surface area contributed by atoms with Gasteiger partial charge in [0.05, 0.1) is 6.20 Å². The molecule has 0 radical (unpaired) electrons. The van der Waals surface area contributed by atoms with Crippen molar-refractivity contribution in [1.29, 1.82) is 0 Å². The summed E-state index contributed by atoms with van der Waals surface area (Å²) < 4.78 is 4.89. The van der Waals surface area contributed by atoms with Gasteiger partial charge in [-0.15, -0.1) is 0 Å². The quantitative estimate of drug-likeness (QED) is 0.823. The van der Waals surface area contributed by atoms with E-state index in [0.717, 1.165) is 25.1 Å². The smallest absolute Gasteiger partial charge is 0.290 e. The molecule has 1 amide bonds. The highest BCUT2D eigenvalue weighted by atomic mass is 16.5. The Labute approximate surface area is 101 Å². The fourth-order valence-corrected chi connectivity index (χ4v) is 2.15. The summed E-state index contributed by atoms with van der Waals surface area (Å²) in [6.45, 7) is 4.71. The van der Waals surface area contributed by atoms with E-state index in [1.54, 1.807) is 6.20 Å². The van der Waals surface area contributed by atoms with Gasteiger partial charge in [0.25, 0.3) is 5.91 Å². The van der Waals surface area contributed by atoms with E-state index in [1.807, 2.05) is 6.92 Å². The summed E-state index contributed by atoms with van der Waals surface area (Å²) >= 11 is 0. The van der Waals surface area contributed by atoms with Crippen LogP contribution in [0.1, 0.15) is 35.4 Å². The Hall–Kier alpha value is -1.36. The zero-order valence-corrected chi connectivity index (χ0v) is 10.2. The van der Waals surface area contributed by atoms with Gasteiger partial charge in [0.15, 0.2) is 0 Å². The SMILES string of the molecule is Cc1cnoc1C(=O)NCCC1CCCNC1. The molecule has 0 bridgehead atoms. The van der Waals surface area contributed by atoms with E-state index in [9.17, 15) is 4.79 Å². The van der Waals surface area contributed by atoms with Crippen LogP contribution in [0.15, 0.2) is 10.7 Å². The number of carbonyl (C=O) groups excluding carboxylic acids is 1. The minimum Gasteiger partial charge on any atom is -0.351 e. The Bertz CT molecular complexity index is 370. The normalized spacial score (nSPS) is 20.2. The molecule has 0 aliphatic carbocycles. The van der Waals surface area contributed by atoms with Gasteiger partial charge in [-0.1, -0.05) is 5.16 Å². The number of carbonyl (C=O) groups is 1. The van der Waals surface area contributed by atoms with Crippen LogP contribution in [0.2, 0.25) is 0 Å². The van der Waals surface area contributed by atoms with Crippen molar-refractivity contribution in [3.8, 4) is 0 Å². The first-order valence-electron chi connectivity index (χ1n) is 6.17. The third-order valence-electron chi connectivity index (χ3n) is 3.19. The number of nitrogens with one attached hydrogen (secondary N) is 2. The topological polar surface area (TPSA) is 67.2 Å². The number of amides is 1. The number of rotatable bonds is 4. The molecular weight excluding hydrogens is 218 g/mol. The highest BCUT2D eigenvalue weighted by molar-refractivity contribution is 5.92. The van der Waals surface area contributed by atoms with Crippen molar-refractivity contribution in [3.63, 3.8) is 0 Å². The van der Waals surface area contributed by atoms with Gasteiger partial charge < -0.3 is 15.2 Å². The van der Waals surface area contributed by atoms with Gasteiger partial charge in [0, 0.05) is 12.1 Å². The lowest BCUT2D eigenvalue weighted by Crippen LogP contribution is -2.33. The largest absolute Gasteiger partial charge is 0.351 e. The summed E-state index contributed by atoms with van der Waals surface area (Å²) in [7, 11) is 0. The van der Waals surface area contributed by atoms with Crippen molar-refractivity contribution in [3.05, 3.63) is 17.5 Å². The van der Waals surface area contributed by atoms with E-state index in [4.69, 9.17) is 4.52 Å². The molecule has 1 aliphatic heterocycles. The number of piperidine rings is 1. The average molecular weight is 237 g/mol.